The van der Waals surface area contributed by atoms with E-state index in [1.807, 2.05) is 30.3 Å². The Hall–Kier alpha value is -1.88. The summed E-state index contributed by atoms with van der Waals surface area (Å²) in [6.07, 6.45) is 2.14. The Morgan fingerprint density at radius 2 is 1.91 bits per heavy atom. The Bertz CT molecular complexity index is 538. The zero-order chi connectivity index (χ0) is 15.5. The van der Waals surface area contributed by atoms with Gasteiger partial charge < -0.3 is 10.1 Å². The normalized spacial score (nSPS) is 28.0. The Morgan fingerprint density at radius 3 is 2.45 bits per heavy atom. The molecule has 2 bridgehead atoms. The summed E-state index contributed by atoms with van der Waals surface area (Å²) in [5.74, 6) is -0.137. The van der Waals surface area contributed by atoms with Crippen molar-refractivity contribution < 1.29 is 14.3 Å². The largest absolute Gasteiger partial charge is 0.459 e. The van der Waals surface area contributed by atoms with E-state index in [1.165, 1.54) is 6.92 Å². The number of carbonyl (C=O) groups excluding carboxylic acids is 2. The van der Waals surface area contributed by atoms with E-state index in [4.69, 9.17) is 4.74 Å². The van der Waals surface area contributed by atoms with Gasteiger partial charge >= 0.3 is 5.97 Å². The third-order valence-electron chi connectivity index (χ3n) is 4.58. The number of amides is 1. The lowest BCUT2D eigenvalue weighted by atomic mass is 9.86. The lowest BCUT2D eigenvalue weighted by Crippen LogP contribution is -2.52. The van der Waals surface area contributed by atoms with Gasteiger partial charge in [-0.15, -0.1) is 0 Å². The number of fused-ring (bicyclic) bond motifs is 3. The number of esters is 1. The molecule has 3 heterocycles. The molecule has 4 rings (SSSR count). The summed E-state index contributed by atoms with van der Waals surface area (Å²) in [6, 6.07) is 8.52. The Labute approximate surface area is 130 Å². The lowest BCUT2D eigenvalue weighted by molar-refractivity contribution is -0.162. The molecule has 5 nitrogen and oxygen atoms in total. The Morgan fingerprint density at radius 1 is 1.23 bits per heavy atom. The molecule has 0 radical (unpaired) electrons. The molecule has 1 aromatic rings. The zero-order valence-corrected chi connectivity index (χ0v) is 12.8. The molecular weight excluding hydrogens is 280 g/mol. The highest BCUT2D eigenvalue weighted by molar-refractivity contribution is 5.84. The molecule has 0 spiro atoms. The molecule has 22 heavy (non-hydrogen) atoms. The van der Waals surface area contributed by atoms with Gasteiger partial charge in [0.25, 0.3) is 0 Å². The Kier molecular flexibility index (Phi) is 4.43. The number of carbonyl (C=O) groups is 2. The first-order chi connectivity index (χ1) is 10.6. The van der Waals surface area contributed by atoms with E-state index in [9.17, 15) is 9.59 Å². The molecule has 118 valence electrons. The topological polar surface area (TPSA) is 58.6 Å². The highest BCUT2D eigenvalue weighted by Crippen LogP contribution is 2.30. The van der Waals surface area contributed by atoms with Gasteiger partial charge in [0.05, 0.1) is 0 Å². The maximum atomic E-state index is 12.6. The highest BCUT2D eigenvalue weighted by atomic mass is 16.5. The molecule has 3 aliphatic heterocycles. The fourth-order valence-corrected chi connectivity index (χ4v) is 3.39. The lowest BCUT2D eigenvalue weighted by Gasteiger charge is -2.44. The number of hydrogen-bond acceptors (Lipinski definition) is 4. The second kappa shape index (κ2) is 6.48. The molecular formula is C17H22N2O3. The van der Waals surface area contributed by atoms with E-state index in [2.05, 4.69) is 10.2 Å². The summed E-state index contributed by atoms with van der Waals surface area (Å²) in [7, 11) is 0. The second-order valence-corrected chi connectivity index (χ2v) is 6.16. The van der Waals surface area contributed by atoms with Gasteiger partial charge in [-0.05, 0) is 37.4 Å². The summed E-state index contributed by atoms with van der Waals surface area (Å²) in [4.78, 5) is 26.3. The summed E-state index contributed by atoms with van der Waals surface area (Å²) in [5, 5.41) is 2.70. The van der Waals surface area contributed by atoms with Crippen LogP contribution in [0.4, 0.5) is 0 Å². The fourth-order valence-electron chi connectivity index (χ4n) is 3.39. The van der Waals surface area contributed by atoms with Crippen LogP contribution >= 0.6 is 0 Å². The van der Waals surface area contributed by atoms with Crippen molar-refractivity contribution in [3.63, 3.8) is 0 Å². The average Bonchev–Trinajstić information content (AvgIpc) is 2.54. The van der Waals surface area contributed by atoms with E-state index >= 15 is 0 Å². The molecule has 1 unspecified atom stereocenters. The number of benzene rings is 1. The van der Waals surface area contributed by atoms with Gasteiger partial charge in [0.15, 0.2) is 6.04 Å². The van der Waals surface area contributed by atoms with Crippen molar-refractivity contribution >= 4 is 11.9 Å². The van der Waals surface area contributed by atoms with E-state index < -0.39 is 6.04 Å². The quantitative estimate of drug-likeness (QED) is 0.856. The van der Waals surface area contributed by atoms with Crippen molar-refractivity contribution in [1.29, 1.82) is 0 Å². The molecule has 3 fully saturated rings. The molecule has 0 saturated carbocycles. The molecule has 3 saturated heterocycles. The van der Waals surface area contributed by atoms with Crippen LogP contribution in [0.2, 0.25) is 0 Å². The number of hydrogen-bond donors (Lipinski definition) is 1. The van der Waals surface area contributed by atoms with Crippen LogP contribution in [0.3, 0.4) is 0 Å². The molecule has 0 aromatic heterocycles. The van der Waals surface area contributed by atoms with Gasteiger partial charge in [-0.3, -0.25) is 9.69 Å². The standard InChI is InChI=1S/C17H22N2O3/c1-12(20)18-16(14-5-3-2-4-6-14)17(21)22-15-11-19-9-7-13(15)8-10-19/h2-6,13,15-16H,7-11H2,1H3,(H,18,20)/t15-,16?/m0/s1. The van der Waals surface area contributed by atoms with E-state index in [0.717, 1.165) is 38.0 Å². The van der Waals surface area contributed by atoms with Gasteiger partial charge in [0.2, 0.25) is 5.91 Å². The van der Waals surface area contributed by atoms with Crippen LogP contribution in [0.1, 0.15) is 31.4 Å². The van der Waals surface area contributed by atoms with Crippen LogP contribution in [0.15, 0.2) is 30.3 Å². The van der Waals surface area contributed by atoms with E-state index in [-0.39, 0.29) is 18.0 Å². The zero-order valence-electron chi connectivity index (χ0n) is 12.8. The SMILES string of the molecule is CC(=O)NC(C(=O)O[C@H]1CN2CCC1CC2)c1ccccc1. The fraction of sp³-hybridized carbons (Fsp3) is 0.529. The first-order valence-electron chi connectivity index (χ1n) is 7.88. The minimum absolute atomic E-state index is 0.0463. The third-order valence-corrected chi connectivity index (χ3v) is 4.58. The molecule has 2 atom stereocenters. The molecule has 1 N–H and O–H groups in total. The number of ether oxygens (including phenoxy) is 1. The van der Waals surface area contributed by atoms with Crippen LogP contribution in [0.25, 0.3) is 0 Å². The van der Waals surface area contributed by atoms with Crippen LogP contribution in [0, 0.1) is 5.92 Å². The van der Waals surface area contributed by atoms with Gasteiger partial charge in [0.1, 0.15) is 6.10 Å². The van der Waals surface area contributed by atoms with Crippen molar-refractivity contribution in [2.75, 3.05) is 19.6 Å². The minimum Gasteiger partial charge on any atom is -0.459 e. The van der Waals surface area contributed by atoms with Crippen LogP contribution in [-0.4, -0.2) is 42.5 Å². The molecule has 0 aliphatic carbocycles. The number of nitrogens with zero attached hydrogens (tertiary/aromatic N) is 1. The van der Waals surface area contributed by atoms with Crippen LogP contribution < -0.4 is 5.32 Å². The Balaban J connectivity index is 1.71. The third kappa shape index (κ3) is 3.30. The van der Waals surface area contributed by atoms with Crippen LogP contribution in [0.5, 0.6) is 0 Å². The minimum atomic E-state index is -0.728. The predicted octanol–water partition coefficient (Wildman–Crippen LogP) is 1.50. The van der Waals surface area contributed by atoms with Gasteiger partial charge in [-0.2, -0.15) is 0 Å². The summed E-state index contributed by atoms with van der Waals surface area (Å²) in [5.41, 5.74) is 0.754. The number of nitrogens with one attached hydrogen (secondary N) is 1. The molecule has 3 aliphatic rings. The average molecular weight is 302 g/mol. The first kappa shape index (κ1) is 15.0. The van der Waals surface area contributed by atoms with Gasteiger partial charge in [-0.1, -0.05) is 30.3 Å². The monoisotopic (exact) mass is 302 g/mol. The maximum absolute atomic E-state index is 12.6. The van der Waals surface area contributed by atoms with Crippen molar-refractivity contribution in [1.82, 2.24) is 10.2 Å². The highest BCUT2D eigenvalue weighted by Gasteiger charge is 2.37. The molecule has 1 aromatic carbocycles. The van der Waals surface area contributed by atoms with Crippen molar-refractivity contribution in [3.8, 4) is 0 Å². The van der Waals surface area contributed by atoms with E-state index in [1.54, 1.807) is 0 Å². The van der Waals surface area contributed by atoms with Gasteiger partial charge in [-0.25, -0.2) is 4.79 Å². The summed E-state index contributed by atoms with van der Waals surface area (Å²) < 4.78 is 5.75. The molecule has 1 amide bonds. The van der Waals surface area contributed by atoms with Crippen molar-refractivity contribution in [2.45, 2.75) is 31.9 Å². The first-order valence-corrected chi connectivity index (χ1v) is 7.88. The summed E-state index contributed by atoms with van der Waals surface area (Å²) in [6.45, 7) is 4.44. The number of rotatable bonds is 4. The van der Waals surface area contributed by atoms with Crippen molar-refractivity contribution in [2.24, 2.45) is 5.92 Å². The number of piperidine rings is 3. The van der Waals surface area contributed by atoms with Gasteiger partial charge in [0, 0.05) is 13.5 Å². The smallest absolute Gasteiger partial charge is 0.333 e. The van der Waals surface area contributed by atoms with E-state index in [0.29, 0.717) is 5.92 Å². The second-order valence-electron chi connectivity index (χ2n) is 6.16. The molecule has 5 heteroatoms. The maximum Gasteiger partial charge on any atom is 0.333 e. The predicted molar refractivity (Wildman–Crippen MR) is 82.0 cm³/mol. The summed E-state index contributed by atoms with van der Waals surface area (Å²) >= 11 is 0. The van der Waals surface area contributed by atoms with Crippen LogP contribution in [-0.2, 0) is 14.3 Å². The van der Waals surface area contributed by atoms with Crippen molar-refractivity contribution in [3.05, 3.63) is 35.9 Å².